The molecule has 1 fully saturated rings. The average molecular weight is 495 g/mol. The van der Waals surface area contributed by atoms with E-state index in [2.05, 4.69) is 10.3 Å². The maximum atomic E-state index is 14.3. The molecule has 2 aromatic carbocycles. The summed E-state index contributed by atoms with van der Waals surface area (Å²) in [5.41, 5.74) is 1.10. The first-order valence-electron chi connectivity index (χ1n) is 9.91. The summed E-state index contributed by atoms with van der Waals surface area (Å²) in [6.45, 7) is 0.728. The van der Waals surface area contributed by atoms with Gasteiger partial charge in [-0.2, -0.15) is 0 Å². The van der Waals surface area contributed by atoms with E-state index in [0.717, 1.165) is 19.4 Å². The molecule has 0 aliphatic heterocycles. The zero-order chi connectivity index (χ0) is 22.8. The van der Waals surface area contributed by atoms with Gasteiger partial charge in [0.15, 0.2) is 0 Å². The van der Waals surface area contributed by atoms with E-state index >= 15 is 0 Å². The van der Waals surface area contributed by atoms with Crippen LogP contribution in [0.5, 0.6) is 11.5 Å². The van der Waals surface area contributed by atoms with E-state index in [1.807, 2.05) is 0 Å². The maximum Gasteiger partial charge on any atom is 0.263 e. The summed E-state index contributed by atoms with van der Waals surface area (Å²) in [4.78, 5) is 18.8. The molecular formula is C23H19Cl3FN3O2. The van der Waals surface area contributed by atoms with Crippen LogP contribution in [0.3, 0.4) is 0 Å². The Morgan fingerprint density at radius 2 is 1.94 bits per heavy atom. The number of hydrogen-bond donors (Lipinski definition) is 1. The summed E-state index contributed by atoms with van der Waals surface area (Å²) in [5.74, 6) is 0.0527. The molecular weight excluding hydrogens is 476 g/mol. The second kappa shape index (κ2) is 9.53. The summed E-state index contributed by atoms with van der Waals surface area (Å²) in [6.07, 6.45) is 5.17. The van der Waals surface area contributed by atoms with Crippen molar-refractivity contribution in [1.29, 1.82) is 0 Å². The number of carbonyl (C=O) groups excluding carboxylic acids is 1. The van der Waals surface area contributed by atoms with Crippen LogP contribution in [0.15, 0.2) is 48.8 Å². The van der Waals surface area contributed by atoms with Gasteiger partial charge in [-0.25, -0.2) is 4.39 Å². The van der Waals surface area contributed by atoms with Gasteiger partial charge < -0.3 is 15.0 Å². The van der Waals surface area contributed by atoms with Crippen molar-refractivity contribution in [2.45, 2.75) is 12.8 Å². The molecule has 1 aromatic heterocycles. The number of amides is 1. The molecule has 5 nitrogen and oxygen atoms in total. The Kier molecular flexibility index (Phi) is 6.74. The smallest absolute Gasteiger partial charge is 0.263 e. The molecule has 166 valence electrons. The van der Waals surface area contributed by atoms with E-state index in [0.29, 0.717) is 33.1 Å². The molecule has 0 spiro atoms. The highest BCUT2D eigenvalue weighted by Crippen LogP contribution is 2.37. The standard InChI is InChI=1S/C23H19Cl3FN3O2/c1-30(20-10-18(27)17(26)9-19(20)29-11-13-2-3-13)23(31)15-12-28-7-6-21(15)32-22-8-14(24)4-5-16(22)25/h4-10,12-13,29H,2-3,11H2,1H3. The Bertz CT molecular complexity index is 1170. The van der Waals surface area contributed by atoms with Crippen LogP contribution >= 0.6 is 34.8 Å². The molecule has 1 N–H and O–H groups in total. The fraction of sp³-hybridized carbons (Fsp3) is 0.217. The Labute approximate surface area is 200 Å². The number of nitrogens with zero attached hydrogens (tertiary/aromatic N) is 2. The molecule has 1 saturated carbocycles. The molecule has 0 bridgehead atoms. The lowest BCUT2D eigenvalue weighted by Crippen LogP contribution is -2.28. The van der Waals surface area contributed by atoms with Gasteiger partial charge in [-0.15, -0.1) is 0 Å². The third-order valence-electron chi connectivity index (χ3n) is 5.11. The summed E-state index contributed by atoms with van der Waals surface area (Å²) < 4.78 is 20.2. The van der Waals surface area contributed by atoms with Crippen LogP contribution in [0.4, 0.5) is 15.8 Å². The fourth-order valence-electron chi connectivity index (χ4n) is 3.13. The van der Waals surface area contributed by atoms with Crippen molar-refractivity contribution >= 4 is 52.1 Å². The number of anilines is 2. The lowest BCUT2D eigenvalue weighted by molar-refractivity contribution is 0.0990. The lowest BCUT2D eigenvalue weighted by Gasteiger charge is -2.23. The van der Waals surface area contributed by atoms with Gasteiger partial charge in [0.1, 0.15) is 22.9 Å². The molecule has 9 heteroatoms. The van der Waals surface area contributed by atoms with Gasteiger partial charge in [0, 0.05) is 43.1 Å². The monoisotopic (exact) mass is 493 g/mol. The average Bonchev–Trinajstić information content (AvgIpc) is 3.61. The highest BCUT2D eigenvalue weighted by atomic mass is 35.5. The molecule has 3 aromatic rings. The third-order valence-corrected chi connectivity index (χ3v) is 5.94. The van der Waals surface area contributed by atoms with Crippen LogP contribution in [-0.4, -0.2) is 24.5 Å². The van der Waals surface area contributed by atoms with Gasteiger partial charge in [0.25, 0.3) is 5.91 Å². The largest absolute Gasteiger partial charge is 0.455 e. The van der Waals surface area contributed by atoms with Crippen molar-refractivity contribution in [1.82, 2.24) is 4.98 Å². The number of aromatic nitrogens is 1. The van der Waals surface area contributed by atoms with E-state index in [1.54, 1.807) is 31.3 Å². The summed E-state index contributed by atoms with van der Waals surface area (Å²) in [6, 6.07) is 9.06. The zero-order valence-electron chi connectivity index (χ0n) is 17.0. The summed E-state index contributed by atoms with van der Waals surface area (Å²) in [7, 11) is 1.55. The Balaban J connectivity index is 1.65. The number of hydrogen-bond acceptors (Lipinski definition) is 4. The number of nitrogens with one attached hydrogen (secondary N) is 1. The van der Waals surface area contributed by atoms with E-state index < -0.39 is 11.7 Å². The molecule has 1 heterocycles. The van der Waals surface area contributed by atoms with E-state index in [4.69, 9.17) is 39.5 Å². The number of halogens is 4. The molecule has 4 rings (SSSR count). The van der Waals surface area contributed by atoms with E-state index in [9.17, 15) is 9.18 Å². The Morgan fingerprint density at radius 1 is 1.16 bits per heavy atom. The number of benzene rings is 2. The molecule has 0 atom stereocenters. The SMILES string of the molecule is CN(C(=O)c1cnccc1Oc1cc(Cl)ccc1Cl)c1cc(F)c(Cl)cc1NCC1CC1. The molecule has 0 radical (unpaired) electrons. The van der Waals surface area contributed by atoms with Gasteiger partial charge >= 0.3 is 0 Å². The predicted molar refractivity (Wildman–Crippen MR) is 126 cm³/mol. The van der Waals surface area contributed by atoms with Crippen molar-refractivity contribution in [2.24, 2.45) is 5.92 Å². The number of carbonyl (C=O) groups is 1. The van der Waals surface area contributed by atoms with E-state index in [1.165, 1.54) is 29.4 Å². The first kappa shape index (κ1) is 22.6. The van der Waals surface area contributed by atoms with Gasteiger partial charge in [-0.05, 0) is 43.0 Å². The summed E-state index contributed by atoms with van der Waals surface area (Å²) in [5, 5.41) is 4.03. The van der Waals surface area contributed by atoms with Gasteiger partial charge in [-0.3, -0.25) is 9.78 Å². The number of rotatable bonds is 7. The highest BCUT2D eigenvalue weighted by molar-refractivity contribution is 6.34. The summed E-state index contributed by atoms with van der Waals surface area (Å²) >= 11 is 18.2. The highest BCUT2D eigenvalue weighted by Gasteiger charge is 2.25. The van der Waals surface area contributed by atoms with Crippen molar-refractivity contribution in [3.05, 3.63) is 75.2 Å². The second-order valence-electron chi connectivity index (χ2n) is 7.52. The van der Waals surface area contributed by atoms with Gasteiger partial charge in [0.05, 0.1) is 21.4 Å². The third kappa shape index (κ3) is 5.09. The Hall–Kier alpha value is -2.54. The second-order valence-corrected chi connectivity index (χ2v) is 8.77. The molecule has 1 amide bonds. The van der Waals surface area contributed by atoms with Crippen LogP contribution in [0.25, 0.3) is 0 Å². The van der Waals surface area contributed by atoms with Crippen LogP contribution in [0.1, 0.15) is 23.2 Å². The van der Waals surface area contributed by atoms with Gasteiger partial charge in [-0.1, -0.05) is 34.8 Å². The van der Waals surface area contributed by atoms with Crippen LogP contribution in [0, 0.1) is 11.7 Å². The van der Waals surface area contributed by atoms with Crippen LogP contribution < -0.4 is 15.0 Å². The van der Waals surface area contributed by atoms with Gasteiger partial charge in [0.2, 0.25) is 0 Å². The minimum absolute atomic E-state index is 0.0195. The van der Waals surface area contributed by atoms with Crippen molar-refractivity contribution in [2.75, 3.05) is 23.8 Å². The zero-order valence-corrected chi connectivity index (χ0v) is 19.3. The van der Waals surface area contributed by atoms with Crippen molar-refractivity contribution in [3.63, 3.8) is 0 Å². The van der Waals surface area contributed by atoms with Crippen molar-refractivity contribution < 1.29 is 13.9 Å². The topological polar surface area (TPSA) is 54.5 Å². The first-order chi connectivity index (χ1) is 15.3. The molecule has 0 saturated heterocycles. The normalized spacial score (nSPS) is 13.0. The van der Waals surface area contributed by atoms with Crippen molar-refractivity contribution in [3.8, 4) is 11.5 Å². The minimum Gasteiger partial charge on any atom is -0.455 e. The Morgan fingerprint density at radius 3 is 2.69 bits per heavy atom. The van der Waals surface area contributed by atoms with Crippen LogP contribution in [0.2, 0.25) is 15.1 Å². The molecule has 0 unspecified atom stereocenters. The number of ether oxygens (including phenoxy) is 1. The van der Waals surface area contributed by atoms with Crippen LogP contribution in [-0.2, 0) is 0 Å². The minimum atomic E-state index is -0.619. The fourth-order valence-corrected chi connectivity index (χ4v) is 3.61. The molecule has 1 aliphatic carbocycles. The predicted octanol–water partition coefficient (Wildman–Crippen LogP) is 7.07. The lowest BCUT2D eigenvalue weighted by atomic mass is 10.2. The maximum absolute atomic E-state index is 14.3. The quantitative estimate of drug-likeness (QED) is 0.381. The number of pyridine rings is 1. The molecule has 1 aliphatic rings. The molecule has 32 heavy (non-hydrogen) atoms. The first-order valence-corrected chi connectivity index (χ1v) is 11.0. The van der Waals surface area contributed by atoms with E-state index in [-0.39, 0.29) is 16.3 Å².